The summed E-state index contributed by atoms with van der Waals surface area (Å²) in [7, 11) is 3.77. The smallest absolute Gasteiger partial charge is 0.354 e. The molecular formula is C25H34N6O3. The van der Waals surface area contributed by atoms with Gasteiger partial charge in [0, 0.05) is 36.4 Å². The molecule has 0 fully saturated rings. The van der Waals surface area contributed by atoms with Gasteiger partial charge in [0.15, 0.2) is 0 Å². The lowest BCUT2D eigenvalue weighted by Gasteiger charge is -2.22. The lowest BCUT2D eigenvalue weighted by Crippen LogP contribution is -2.29. The Kier molecular flexibility index (Phi) is 6.34. The zero-order valence-electron chi connectivity index (χ0n) is 21.4. The third-order valence-electron chi connectivity index (χ3n) is 5.32. The molecule has 0 aliphatic heterocycles. The molecule has 1 aromatic carbocycles. The standard InChI is InChI=1S/C25H34N6O3/c1-14-12-18(31(29-14)25(5,6)7)22(32)26-15-10-11-16(17(13-15)30(8)9)21-27-19(23(33)34)20(28-21)24(2,3)4/h10-13H,1-9H3,(H,26,32)(H,27,28)(H,33,34). The molecule has 3 aromatic rings. The number of carbonyl (C=O) groups is 2. The summed E-state index contributed by atoms with van der Waals surface area (Å²) in [5.74, 6) is -0.843. The first-order valence-corrected chi connectivity index (χ1v) is 11.1. The lowest BCUT2D eigenvalue weighted by molar-refractivity contribution is 0.0688. The molecule has 0 spiro atoms. The summed E-state index contributed by atoms with van der Waals surface area (Å²) < 4.78 is 1.73. The molecule has 0 bridgehead atoms. The molecule has 2 aromatic heterocycles. The maximum atomic E-state index is 13.1. The molecule has 182 valence electrons. The van der Waals surface area contributed by atoms with Gasteiger partial charge in [-0.05, 0) is 52.0 Å². The number of aromatic carboxylic acids is 1. The number of anilines is 2. The van der Waals surface area contributed by atoms with Gasteiger partial charge in [-0.2, -0.15) is 5.10 Å². The molecule has 0 saturated heterocycles. The summed E-state index contributed by atoms with van der Waals surface area (Å²) in [5.41, 5.74) is 3.16. The Bertz CT molecular complexity index is 1240. The van der Waals surface area contributed by atoms with E-state index in [1.807, 2.05) is 79.6 Å². The molecule has 3 N–H and O–H groups in total. The Morgan fingerprint density at radius 1 is 1.09 bits per heavy atom. The van der Waals surface area contributed by atoms with E-state index in [-0.39, 0.29) is 17.1 Å². The van der Waals surface area contributed by atoms with Gasteiger partial charge in [0.1, 0.15) is 17.2 Å². The number of aromatic amines is 1. The van der Waals surface area contributed by atoms with Gasteiger partial charge in [-0.3, -0.25) is 9.48 Å². The fourth-order valence-electron chi connectivity index (χ4n) is 3.75. The van der Waals surface area contributed by atoms with Crippen LogP contribution in [0.5, 0.6) is 0 Å². The number of H-pyrrole nitrogens is 1. The first-order chi connectivity index (χ1) is 15.6. The molecule has 0 aliphatic carbocycles. The number of imidazole rings is 1. The largest absolute Gasteiger partial charge is 0.477 e. The fourth-order valence-corrected chi connectivity index (χ4v) is 3.75. The van der Waals surface area contributed by atoms with E-state index in [1.165, 1.54) is 0 Å². The third kappa shape index (κ3) is 4.98. The highest BCUT2D eigenvalue weighted by atomic mass is 16.4. The summed E-state index contributed by atoms with van der Waals surface area (Å²) in [6, 6.07) is 7.22. The molecule has 0 unspecified atom stereocenters. The van der Waals surface area contributed by atoms with E-state index in [1.54, 1.807) is 16.8 Å². The average molecular weight is 467 g/mol. The SMILES string of the molecule is Cc1cc(C(=O)Nc2ccc(-c3nc(C(C)(C)C)c(C(=O)O)[nH]3)c(N(C)C)c2)n(C(C)(C)C)n1. The quantitative estimate of drug-likeness (QED) is 0.504. The van der Waals surface area contributed by atoms with Crippen LogP contribution in [0.4, 0.5) is 11.4 Å². The van der Waals surface area contributed by atoms with Gasteiger partial charge >= 0.3 is 5.97 Å². The highest BCUT2D eigenvalue weighted by Gasteiger charge is 2.28. The monoisotopic (exact) mass is 466 g/mol. The van der Waals surface area contributed by atoms with Crippen molar-refractivity contribution in [1.29, 1.82) is 0 Å². The second kappa shape index (κ2) is 8.62. The number of amides is 1. The maximum Gasteiger partial charge on any atom is 0.354 e. The molecule has 9 heteroatoms. The Labute approximate surface area is 200 Å². The van der Waals surface area contributed by atoms with Crippen molar-refractivity contribution in [3.8, 4) is 11.4 Å². The minimum absolute atomic E-state index is 0.0791. The van der Waals surface area contributed by atoms with Crippen LogP contribution in [0.1, 0.15) is 73.9 Å². The van der Waals surface area contributed by atoms with Crippen molar-refractivity contribution >= 4 is 23.3 Å². The van der Waals surface area contributed by atoms with Gasteiger partial charge in [0.05, 0.1) is 16.9 Å². The number of carboxylic acid groups (broad SMARTS) is 1. The van der Waals surface area contributed by atoms with Crippen molar-refractivity contribution < 1.29 is 14.7 Å². The van der Waals surface area contributed by atoms with Crippen LogP contribution in [0, 0.1) is 6.92 Å². The molecule has 0 radical (unpaired) electrons. The van der Waals surface area contributed by atoms with Crippen LogP contribution in [-0.4, -0.2) is 50.8 Å². The van der Waals surface area contributed by atoms with E-state index < -0.39 is 11.4 Å². The van der Waals surface area contributed by atoms with Gasteiger partial charge in [-0.1, -0.05) is 20.8 Å². The molecule has 0 saturated carbocycles. The van der Waals surface area contributed by atoms with Crippen molar-refractivity contribution in [2.45, 2.75) is 59.4 Å². The van der Waals surface area contributed by atoms with E-state index in [0.29, 0.717) is 22.9 Å². The number of hydrogen-bond donors (Lipinski definition) is 3. The van der Waals surface area contributed by atoms with Crippen LogP contribution in [0.2, 0.25) is 0 Å². The fraction of sp³-hybridized carbons (Fsp3) is 0.440. The van der Waals surface area contributed by atoms with E-state index in [4.69, 9.17) is 0 Å². The Morgan fingerprint density at radius 3 is 2.24 bits per heavy atom. The molecule has 3 rings (SSSR count). The van der Waals surface area contributed by atoms with Gasteiger partial charge in [-0.15, -0.1) is 0 Å². The topological polar surface area (TPSA) is 116 Å². The summed E-state index contributed by atoms with van der Waals surface area (Å²) in [6.45, 7) is 13.6. The van der Waals surface area contributed by atoms with Crippen molar-refractivity contribution in [3.63, 3.8) is 0 Å². The molecular weight excluding hydrogens is 432 g/mol. The van der Waals surface area contributed by atoms with Crippen molar-refractivity contribution in [3.05, 3.63) is 47.0 Å². The molecule has 1 amide bonds. The van der Waals surface area contributed by atoms with E-state index >= 15 is 0 Å². The number of benzene rings is 1. The number of nitrogens with zero attached hydrogens (tertiary/aromatic N) is 4. The first-order valence-electron chi connectivity index (χ1n) is 11.1. The number of aromatic nitrogens is 4. The molecule has 9 nitrogen and oxygen atoms in total. The Morgan fingerprint density at radius 2 is 1.74 bits per heavy atom. The predicted octanol–water partition coefficient (Wildman–Crippen LogP) is 4.65. The Hall–Kier alpha value is -3.62. The average Bonchev–Trinajstić information content (AvgIpc) is 3.32. The number of carbonyl (C=O) groups excluding carboxylic acids is 1. The van der Waals surface area contributed by atoms with Crippen LogP contribution in [-0.2, 0) is 11.0 Å². The van der Waals surface area contributed by atoms with Gasteiger partial charge in [0.25, 0.3) is 5.91 Å². The van der Waals surface area contributed by atoms with Gasteiger partial charge < -0.3 is 20.3 Å². The van der Waals surface area contributed by atoms with Crippen LogP contribution >= 0.6 is 0 Å². The number of rotatable bonds is 5. The number of hydrogen-bond acceptors (Lipinski definition) is 5. The first kappa shape index (κ1) is 25.0. The van der Waals surface area contributed by atoms with E-state index in [0.717, 1.165) is 16.9 Å². The number of carboxylic acids is 1. The molecule has 34 heavy (non-hydrogen) atoms. The predicted molar refractivity (Wildman–Crippen MR) is 134 cm³/mol. The summed E-state index contributed by atoms with van der Waals surface area (Å²) >= 11 is 0. The summed E-state index contributed by atoms with van der Waals surface area (Å²) in [5, 5.41) is 17.1. The second-order valence-corrected chi connectivity index (χ2v) is 10.7. The zero-order valence-corrected chi connectivity index (χ0v) is 21.4. The Balaban J connectivity index is 2.01. The number of nitrogens with one attached hydrogen (secondary N) is 2. The normalized spacial score (nSPS) is 12.0. The van der Waals surface area contributed by atoms with Gasteiger partial charge in [-0.25, -0.2) is 9.78 Å². The van der Waals surface area contributed by atoms with Crippen molar-refractivity contribution in [2.75, 3.05) is 24.3 Å². The van der Waals surface area contributed by atoms with Crippen molar-refractivity contribution in [1.82, 2.24) is 19.7 Å². The molecule has 0 atom stereocenters. The third-order valence-corrected chi connectivity index (χ3v) is 5.32. The summed E-state index contributed by atoms with van der Waals surface area (Å²) in [6.07, 6.45) is 0. The van der Waals surface area contributed by atoms with Gasteiger partial charge in [0.2, 0.25) is 0 Å². The molecule has 2 heterocycles. The number of aryl methyl sites for hydroxylation is 1. The highest BCUT2D eigenvalue weighted by Crippen LogP contribution is 2.34. The minimum atomic E-state index is -1.05. The molecule has 0 aliphatic rings. The van der Waals surface area contributed by atoms with Crippen LogP contribution in [0.25, 0.3) is 11.4 Å². The van der Waals surface area contributed by atoms with Crippen LogP contribution in [0.3, 0.4) is 0 Å². The second-order valence-electron chi connectivity index (χ2n) is 10.7. The summed E-state index contributed by atoms with van der Waals surface area (Å²) in [4.78, 5) is 34.4. The lowest BCUT2D eigenvalue weighted by atomic mass is 9.91. The maximum absolute atomic E-state index is 13.1. The van der Waals surface area contributed by atoms with Crippen LogP contribution < -0.4 is 10.2 Å². The van der Waals surface area contributed by atoms with Crippen LogP contribution in [0.15, 0.2) is 24.3 Å². The van der Waals surface area contributed by atoms with E-state index in [9.17, 15) is 14.7 Å². The highest BCUT2D eigenvalue weighted by molar-refractivity contribution is 6.03. The zero-order chi connectivity index (χ0) is 25.6. The van der Waals surface area contributed by atoms with E-state index in [2.05, 4.69) is 20.4 Å². The minimum Gasteiger partial charge on any atom is -0.477 e. The van der Waals surface area contributed by atoms with Crippen molar-refractivity contribution in [2.24, 2.45) is 0 Å².